The number of benzene rings is 1. The van der Waals surface area contributed by atoms with Gasteiger partial charge in [0.25, 0.3) is 5.79 Å². The molecule has 176 valence electrons. The number of hydrogen-bond acceptors (Lipinski definition) is 8. The first-order chi connectivity index (χ1) is 14.8. The molecule has 0 aromatic heterocycles. The Kier molecular flexibility index (Phi) is 5.87. The number of esters is 2. The number of hydrogen-bond donors (Lipinski definition) is 1. The maximum absolute atomic E-state index is 13.5. The molecule has 3 heterocycles. The van der Waals surface area contributed by atoms with Gasteiger partial charge in [-0.1, -0.05) is 0 Å². The predicted molar refractivity (Wildman–Crippen MR) is 106 cm³/mol. The minimum atomic E-state index is -5.94. The second kappa shape index (κ2) is 7.99. The van der Waals surface area contributed by atoms with Crippen molar-refractivity contribution in [2.45, 2.75) is 48.7 Å². The second-order valence-corrected chi connectivity index (χ2v) is 10.4. The van der Waals surface area contributed by atoms with Crippen molar-refractivity contribution < 1.29 is 54.7 Å². The molecule has 2 fully saturated rings. The lowest BCUT2D eigenvalue weighted by Crippen LogP contribution is -2.53. The van der Waals surface area contributed by atoms with Gasteiger partial charge < -0.3 is 18.9 Å². The number of halogens is 4. The van der Waals surface area contributed by atoms with E-state index in [1.807, 2.05) is 22.6 Å². The van der Waals surface area contributed by atoms with Gasteiger partial charge in [-0.2, -0.15) is 17.2 Å². The molecule has 32 heavy (non-hydrogen) atoms. The minimum Gasteiger partial charge on any atom is -0.465 e. The standard InChI is InChI=1S/C18H16F3IO9S/c19-13(18(20,21)32(25,26)27)3-4-28-15(23)10-6-14-17(7-12(10)29-14)30-11-2-1-8(22)5-9(11)16(24)31-17/h1-2,5,10,12-14H,3-4,6-7H2,(H,25,26,27). The molecule has 0 radical (unpaired) electrons. The Labute approximate surface area is 193 Å². The first kappa shape index (κ1) is 23.5. The predicted octanol–water partition coefficient (Wildman–Crippen LogP) is 2.47. The van der Waals surface area contributed by atoms with Gasteiger partial charge in [-0.3, -0.25) is 9.35 Å². The molecular formula is C18H16F3IO9S. The summed E-state index contributed by atoms with van der Waals surface area (Å²) in [5.74, 6) is -3.35. The van der Waals surface area contributed by atoms with Crippen LogP contribution in [0.15, 0.2) is 18.2 Å². The van der Waals surface area contributed by atoms with Crippen LogP contribution in [0, 0.1) is 9.49 Å². The van der Waals surface area contributed by atoms with Crippen molar-refractivity contribution in [2.24, 2.45) is 5.92 Å². The Morgan fingerprint density at radius 3 is 2.72 bits per heavy atom. The minimum absolute atomic E-state index is 0.0289. The van der Waals surface area contributed by atoms with E-state index < -0.39 is 70.4 Å². The Morgan fingerprint density at radius 1 is 1.38 bits per heavy atom. The summed E-state index contributed by atoms with van der Waals surface area (Å²) in [5, 5.41) is -5.02. The average molecular weight is 592 g/mol. The van der Waals surface area contributed by atoms with E-state index >= 15 is 0 Å². The summed E-state index contributed by atoms with van der Waals surface area (Å²) in [6.07, 6.45) is -5.84. The lowest BCUT2D eigenvalue weighted by atomic mass is 9.84. The largest absolute Gasteiger partial charge is 0.465 e. The molecular weight excluding hydrogens is 576 g/mol. The zero-order valence-electron chi connectivity index (χ0n) is 16.0. The van der Waals surface area contributed by atoms with Crippen LogP contribution in [-0.2, 0) is 29.1 Å². The van der Waals surface area contributed by atoms with Gasteiger partial charge in [-0.15, -0.1) is 0 Å². The van der Waals surface area contributed by atoms with Crippen molar-refractivity contribution >= 4 is 44.6 Å². The fraction of sp³-hybridized carbons (Fsp3) is 0.556. The highest BCUT2D eigenvalue weighted by Crippen LogP contribution is 2.50. The molecule has 1 spiro atoms. The Hall–Kier alpha value is -1.65. The summed E-state index contributed by atoms with van der Waals surface area (Å²) >= 11 is 2.04. The molecule has 1 aromatic carbocycles. The molecule has 4 rings (SSSR count). The third kappa shape index (κ3) is 3.94. The number of carbonyl (C=O) groups is 2. The highest BCUT2D eigenvalue weighted by molar-refractivity contribution is 14.1. The molecule has 0 amide bonds. The van der Waals surface area contributed by atoms with Gasteiger partial charge >= 0.3 is 27.3 Å². The van der Waals surface area contributed by atoms with Gasteiger partial charge in [0, 0.05) is 9.99 Å². The van der Waals surface area contributed by atoms with Gasteiger partial charge in [0.2, 0.25) is 0 Å². The summed E-state index contributed by atoms with van der Waals surface area (Å²) in [6.45, 7) is -0.832. The summed E-state index contributed by atoms with van der Waals surface area (Å²) in [6, 6.07) is 5.00. The third-order valence-electron chi connectivity index (χ3n) is 5.57. The van der Waals surface area contributed by atoms with E-state index in [9.17, 15) is 31.2 Å². The zero-order valence-corrected chi connectivity index (χ0v) is 19.0. The van der Waals surface area contributed by atoms with E-state index in [1.54, 1.807) is 18.2 Å². The number of ether oxygens (including phenoxy) is 4. The molecule has 2 saturated heterocycles. The quantitative estimate of drug-likeness (QED) is 0.301. The molecule has 2 bridgehead atoms. The van der Waals surface area contributed by atoms with E-state index in [0.29, 0.717) is 5.75 Å². The molecule has 1 N–H and O–H groups in total. The van der Waals surface area contributed by atoms with Gasteiger partial charge in [0.05, 0.1) is 25.0 Å². The summed E-state index contributed by atoms with van der Waals surface area (Å²) in [7, 11) is -5.94. The van der Waals surface area contributed by atoms with Crippen molar-refractivity contribution in [3.05, 3.63) is 27.3 Å². The number of carbonyl (C=O) groups excluding carboxylic acids is 2. The number of fused-ring (bicyclic) bond motifs is 4. The van der Waals surface area contributed by atoms with Crippen LogP contribution >= 0.6 is 22.6 Å². The molecule has 1 aromatic rings. The topological polar surface area (TPSA) is 125 Å². The van der Waals surface area contributed by atoms with Gasteiger partial charge in [0.1, 0.15) is 17.4 Å². The van der Waals surface area contributed by atoms with Crippen molar-refractivity contribution in [1.29, 1.82) is 0 Å². The van der Waals surface area contributed by atoms with E-state index in [0.717, 1.165) is 3.57 Å². The third-order valence-corrected chi connectivity index (χ3v) is 7.18. The maximum Gasteiger partial charge on any atom is 0.400 e. The number of alkyl halides is 3. The van der Waals surface area contributed by atoms with Gasteiger partial charge in [-0.25, -0.2) is 9.18 Å². The normalized spacial score (nSPS) is 29.9. The van der Waals surface area contributed by atoms with Crippen molar-refractivity contribution in [3.8, 4) is 5.75 Å². The lowest BCUT2D eigenvalue weighted by molar-refractivity contribution is -0.186. The van der Waals surface area contributed by atoms with E-state index in [1.165, 1.54) is 0 Å². The van der Waals surface area contributed by atoms with Crippen LogP contribution in [0.3, 0.4) is 0 Å². The molecule has 9 nitrogen and oxygen atoms in total. The Bertz CT molecular complexity index is 1070. The molecule has 0 saturated carbocycles. The van der Waals surface area contributed by atoms with Crippen molar-refractivity contribution in [2.75, 3.05) is 6.61 Å². The van der Waals surface area contributed by atoms with Crippen LogP contribution in [0.1, 0.15) is 29.6 Å². The summed E-state index contributed by atoms with van der Waals surface area (Å²) in [5.41, 5.74) is 0.267. The SMILES string of the molecule is O=C1OC2(CC3OC2CC3C(=O)OCCC(F)C(F)(F)S(=O)(=O)O)Oc2ccc(I)cc21. The second-order valence-electron chi connectivity index (χ2n) is 7.61. The van der Waals surface area contributed by atoms with E-state index in [4.69, 9.17) is 23.5 Å². The molecule has 3 aliphatic heterocycles. The smallest absolute Gasteiger partial charge is 0.400 e. The lowest BCUT2D eigenvalue weighted by Gasteiger charge is -2.39. The fourth-order valence-electron chi connectivity index (χ4n) is 3.96. The maximum atomic E-state index is 13.5. The van der Waals surface area contributed by atoms with Crippen molar-refractivity contribution in [3.63, 3.8) is 0 Å². The van der Waals surface area contributed by atoms with Crippen LogP contribution < -0.4 is 4.74 Å². The van der Waals surface area contributed by atoms with Crippen LogP contribution in [0.4, 0.5) is 13.2 Å². The molecule has 3 aliphatic rings. The van der Waals surface area contributed by atoms with Gasteiger partial charge in [-0.05, 0) is 47.2 Å². The van der Waals surface area contributed by atoms with Crippen molar-refractivity contribution in [1.82, 2.24) is 0 Å². The van der Waals surface area contributed by atoms with Crippen LogP contribution in [0.5, 0.6) is 5.75 Å². The van der Waals surface area contributed by atoms with Crippen LogP contribution in [-0.4, -0.2) is 60.9 Å². The van der Waals surface area contributed by atoms with E-state index in [-0.39, 0.29) is 18.4 Å². The molecule has 5 atom stereocenters. The van der Waals surface area contributed by atoms with Crippen LogP contribution in [0.2, 0.25) is 0 Å². The highest BCUT2D eigenvalue weighted by Gasteiger charge is 2.64. The van der Waals surface area contributed by atoms with Gasteiger partial charge in [0.15, 0.2) is 6.17 Å². The highest BCUT2D eigenvalue weighted by atomic mass is 127. The molecule has 5 unspecified atom stereocenters. The summed E-state index contributed by atoms with van der Waals surface area (Å²) in [4.78, 5) is 24.7. The number of rotatable bonds is 6. The Balaban J connectivity index is 1.35. The average Bonchev–Trinajstić information content (AvgIpc) is 3.25. The first-order valence-corrected chi connectivity index (χ1v) is 11.9. The summed E-state index contributed by atoms with van der Waals surface area (Å²) < 4.78 is 92.1. The first-order valence-electron chi connectivity index (χ1n) is 9.37. The molecule has 14 heteroatoms. The monoisotopic (exact) mass is 592 g/mol. The fourth-order valence-corrected chi connectivity index (χ4v) is 4.89. The zero-order chi connectivity index (χ0) is 23.5. The molecule has 0 aliphatic carbocycles. The Morgan fingerprint density at radius 2 is 2.09 bits per heavy atom. The van der Waals surface area contributed by atoms with E-state index in [2.05, 4.69) is 0 Å². The van der Waals surface area contributed by atoms with Crippen LogP contribution in [0.25, 0.3) is 0 Å².